The van der Waals surface area contributed by atoms with Crippen molar-refractivity contribution in [2.24, 2.45) is 0 Å². The highest BCUT2D eigenvalue weighted by atomic mass is 19.2. The number of nitrogens with zero attached hydrogens (tertiary/aromatic N) is 2. The Labute approximate surface area is 130 Å². The first-order valence-corrected chi connectivity index (χ1v) is 8.20. The summed E-state index contributed by atoms with van der Waals surface area (Å²) in [5.74, 6) is -1.59. The molecule has 0 radical (unpaired) electrons. The Balaban J connectivity index is 1.64. The molecule has 2 fully saturated rings. The summed E-state index contributed by atoms with van der Waals surface area (Å²) in [6.07, 6.45) is 4.63. The van der Waals surface area contributed by atoms with E-state index in [1.54, 1.807) is 6.07 Å². The summed E-state index contributed by atoms with van der Waals surface area (Å²) in [6, 6.07) is 5.12. The van der Waals surface area contributed by atoms with Crippen LogP contribution in [-0.4, -0.2) is 53.2 Å². The summed E-state index contributed by atoms with van der Waals surface area (Å²) in [6.45, 7) is 3.68. The number of halogens is 2. The lowest BCUT2D eigenvalue weighted by atomic mass is 9.90. The number of aliphatic hydroxyl groups is 1. The molecule has 1 aliphatic heterocycles. The highest BCUT2D eigenvalue weighted by Crippen LogP contribution is 2.28. The van der Waals surface area contributed by atoms with E-state index in [2.05, 4.69) is 9.80 Å². The molecule has 1 aromatic carbocycles. The van der Waals surface area contributed by atoms with Crippen molar-refractivity contribution in [2.45, 2.75) is 44.3 Å². The maximum Gasteiger partial charge on any atom is 0.159 e. The lowest BCUT2D eigenvalue weighted by molar-refractivity contribution is 0.0111. The third-order valence-electron chi connectivity index (χ3n) is 5.06. The molecule has 1 aromatic rings. The molecule has 2 aliphatic rings. The van der Waals surface area contributed by atoms with E-state index >= 15 is 0 Å². The molecule has 0 spiro atoms. The highest BCUT2D eigenvalue weighted by molar-refractivity contribution is 5.18. The van der Waals surface area contributed by atoms with Crippen LogP contribution in [0.2, 0.25) is 0 Å². The molecule has 122 valence electrons. The van der Waals surface area contributed by atoms with Gasteiger partial charge in [0.05, 0.1) is 0 Å². The molecule has 1 atom stereocenters. The molecular weight excluding hydrogens is 286 g/mol. The van der Waals surface area contributed by atoms with Crippen LogP contribution in [0.5, 0.6) is 0 Å². The van der Waals surface area contributed by atoms with Gasteiger partial charge in [-0.3, -0.25) is 9.80 Å². The molecule has 3 rings (SSSR count). The van der Waals surface area contributed by atoms with Crippen molar-refractivity contribution in [1.29, 1.82) is 0 Å². The molecule has 3 nitrogen and oxygen atoms in total. The lowest BCUT2D eigenvalue weighted by Crippen LogP contribution is -2.57. The first-order chi connectivity index (χ1) is 10.7. The molecule has 1 aliphatic carbocycles. The molecule has 1 saturated carbocycles. The molecule has 0 aromatic heterocycles. The Hall–Kier alpha value is -1.04. The zero-order valence-electron chi connectivity index (χ0n) is 12.8. The van der Waals surface area contributed by atoms with Crippen LogP contribution in [0.25, 0.3) is 0 Å². The Morgan fingerprint density at radius 2 is 1.95 bits per heavy atom. The second-order valence-electron chi connectivity index (χ2n) is 6.46. The van der Waals surface area contributed by atoms with Gasteiger partial charge in [-0.05, 0) is 37.0 Å². The van der Waals surface area contributed by atoms with Gasteiger partial charge in [-0.15, -0.1) is 0 Å². The summed E-state index contributed by atoms with van der Waals surface area (Å²) in [4.78, 5) is 4.82. The summed E-state index contributed by atoms with van der Waals surface area (Å²) in [5, 5.41) is 9.32. The minimum absolute atomic E-state index is 0.164. The maximum atomic E-state index is 13.4. The normalized spacial score (nSPS) is 24.4. The van der Waals surface area contributed by atoms with Gasteiger partial charge >= 0.3 is 0 Å². The van der Waals surface area contributed by atoms with E-state index in [0.717, 1.165) is 31.6 Å². The summed E-state index contributed by atoms with van der Waals surface area (Å²) >= 11 is 0. The molecule has 1 saturated heterocycles. The first-order valence-electron chi connectivity index (χ1n) is 8.20. The Morgan fingerprint density at radius 1 is 1.14 bits per heavy atom. The number of rotatable bonds is 5. The van der Waals surface area contributed by atoms with Gasteiger partial charge in [-0.1, -0.05) is 12.5 Å². The molecule has 0 unspecified atom stereocenters. The number of hydrogen-bond acceptors (Lipinski definition) is 3. The minimum Gasteiger partial charge on any atom is -0.396 e. The van der Waals surface area contributed by atoms with E-state index in [4.69, 9.17) is 0 Å². The zero-order chi connectivity index (χ0) is 15.5. The fourth-order valence-electron chi connectivity index (χ4n) is 3.50. The SMILES string of the molecule is OCC[C@@H]1CN(C2CCC2)CCN1Cc1ccc(F)c(F)c1. The summed E-state index contributed by atoms with van der Waals surface area (Å²) in [5.41, 5.74) is 0.791. The monoisotopic (exact) mass is 310 g/mol. The van der Waals surface area contributed by atoms with Gasteiger partial charge in [0.15, 0.2) is 11.6 Å². The molecule has 5 heteroatoms. The van der Waals surface area contributed by atoms with Crippen LogP contribution in [0.1, 0.15) is 31.2 Å². The van der Waals surface area contributed by atoms with Crippen molar-refractivity contribution in [2.75, 3.05) is 26.2 Å². The highest BCUT2D eigenvalue weighted by Gasteiger charge is 2.32. The summed E-state index contributed by atoms with van der Waals surface area (Å²) < 4.78 is 26.4. The topological polar surface area (TPSA) is 26.7 Å². The largest absolute Gasteiger partial charge is 0.396 e. The van der Waals surface area contributed by atoms with Gasteiger partial charge in [0.1, 0.15) is 0 Å². The average Bonchev–Trinajstić information content (AvgIpc) is 2.44. The third kappa shape index (κ3) is 3.47. The minimum atomic E-state index is -0.800. The second kappa shape index (κ2) is 7.02. The smallest absolute Gasteiger partial charge is 0.159 e. The molecular formula is C17H24F2N2O. The van der Waals surface area contributed by atoms with Crippen LogP contribution in [-0.2, 0) is 6.54 Å². The quantitative estimate of drug-likeness (QED) is 0.904. The van der Waals surface area contributed by atoms with Crippen LogP contribution in [0.4, 0.5) is 8.78 Å². The van der Waals surface area contributed by atoms with Gasteiger partial charge in [0.25, 0.3) is 0 Å². The predicted octanol–water partition coefficient (Wildman–Crippen LogP) is 2.39. The van der Waals surface area contributed by atoms with E-state index < -0.39 is 11.6 Å². The van der Waals surface area contributed by atoms with Crippen molar-refractivity contribution in [3.05, 3.63) is 35.4 Å². The number of hydrogen-bond donors (Lipinski definition) is 1. The van der Waals surface area contributed by atoms with Crippen molar-refractivity contribution in [1.82, 2.24) is 9.80 Å². The van der Waals surface area contributed by atoms with Crippen LogP contribution < -0.4 is 0 Å². The average molecular weight is 310 g/mol. The van der Waals surface area contributed by atoms with E-state index in [1.807, 2.05) is 0 Å². The molecule has 1 heterocycles. The van der Waals surface area contributed by atoms with Gasteiger partial charge in [-0.25, -0.2) is 8.78 Å². The zero-order valence-corrected chi connectivity index (χ0v) is 12.8. The molecule has 0 amide bonds. The van der Waals surface area contributed by atoms with Gasteiger partial charge in [0, 0.05) is 44.9 Å². The third-order valence-corrected chi connectivity index (χ3v) is 5.06. The van der Waals surface area contributed by atoms with Gasteiger partial charge in [0.2, 0.25) is 0 Å². The standard InChI is InChI=1S/C17H24F2N2O/c18-16-5-4-13(10-17(16)19)11-20-7-8-21(14-2-1-3-14)12-15(20)6-9-22/h4-5,10,14-15,22H,1-3,6-9,11-12H2/t15-/m1/s1. The Bertz CT molecular complexity index is 507. The van der Waals surface area contributed by atoms with E-state index in [1.165, 1.54) is 31.4 Å². The van der Waals surface area contributed by atoms with Crippen LogP contribution in [0, 0.1) is 11.6 Å². The molecule has 22 heavy (non-hydrogen) atoms. The van der Waals surface area contributed by atoms with Gasteiger partial charge in [-0.2, -0.15) is 0 Å². The van der Waals surface area contributed by atoms with Gasteiger partial charge < -0.3 is 5.11 Å². The van der Waals surface area contributed by atoms with Crippen LogP contribution in [0.3, 0.4) is 0 Å². The Morgan fingerprint density at radius 3 is 2.59 bits per heavy atom. The summed E-state index contributed by atoms with van der Waals surface area (Å²) in [7, 11) is 0. The van der Waals surface area contributed by atoms with Crippen LogP contribution in [0.15, 0.2) is 18.2 Å². The molecule has 0 bridgehead atoms. The van der Waals surface area contributed by atoms with Crippen LogP contribution >= 0.6 is 0 Å². The van der Waals surface area contributed by atoms with E-state index in [0.29, 0.717) is 12.6 Å². The number of aliphatic hydroxyl groups excluding tert-OH is 1. The Kier molecular flexibility index (Phi) is 5.06. The fourth-order valence-corrected chi connectivity index (χ4v) is 3.50. The van der Waals surface area contributed by atoms with Crippen molar-refractivity contribution < 1.29 is 13.9 Å². The van der Waals surface area contributed by atoms with E-state index in [-0.39, 0.29) is 12.6 Å². The number of benzene rings is 1. The molecule has 1 N–H and O–H groups in total. The predicted molar refractivity (Wildman–Crippen MR) is 81.5 cm³/mol. The fraction of sp³-hybridized carbons (Fsp3) is 0.647. The second-order valence-corrected chi connectivity index (χ2v) is 6.46. The maximum absolute atomic E-state index is 13.4. The van der Waals surface area contributed by atoms with Crippen molar-refractivity contribution >= 4 is 0 Å². The van der Waals surface area contributed by atoms with E-state index in [9.17, 15) is 13.9 Å². The number of piperazine rings is 1. The first kappa shape index (κ1) is 15.8. The lowest BCUT2D eigenvalue weighted by Gasteiger charge is -2.47. The van der Waals surface area contributed by atoms with Crippen molar-refractivity contribution in [3.8, 4) is 0 Å². The van der Waals surface area contributed by atoms with Crippen molar-refractivity contribution in [3.63, 3.8) is 0 Å².